The molecule has 6 nitrogen and oxygen atoms in total. The SMILES string of the molecule is CN1C(=O)CCC[C@H]2CN(C(=O)c3ccn[nH]3)CC[C@H]21. The first-order valence-corrected chi connectivity index (χ1v) is 7.21. The minimum Gasteiger partial charge on any atom is -0.342 e. The van der Waals surface area contributed by atoms with Crippen LogP contribution in [0.5, 0.6) is 0 Å². The topological polar surface area (TPSA) is 69.3 Å². The Morgan fingerprint density at radius 1 is 1.45 bits per heavy atom. The summed E-state index contributed by atoms with van der Waals surface area (Å²) in [5.41, 5.74) is 0.543. The number of piperidine rings is 1. The lowest BCUT2D eigenvalue weighted by molar-refractivity contribution is -0.132. The fraction of sp³-hybridized carbons (Fsp3) is 0.643. The maximum atomic E-state index is 12.3. The summed E-state index contributed by atoms with van der Waals surface area (Å²) in [4.78, 5) is 28.0. The van der Waals surface area contributed by atoms with Crippen LogP contribution in [0.3, 0.4) is 0 Å². The van der Waals surface area contributed by atoms with Crippen molar-refractivity contribution in [2.24, 2.45) is 5.92 Å². The van der Waals surface area contributed by atoms with Gasteiger partial charge in [-0.15, -0.1) is 0 Å². The highest BCUT2D eigenvalue weighted by molar-refractivity contribution is 5.92. The summed E-state index contributed by atoms with van der Waals surface area (Å²) in [6, 6.07) is 1.99. The van der Waals surface area contributed by atoms with Gasteiger partial charge < -0.3 is 9.80 Å². The van der Waals surface area contributed by atoms with E-state index in [9.17, 15) is 9.59 Å². The van der Waals surface area contributed by atoms with Crippen LogP contribution >= 0.6 is 0 Å². The van der Waals surface area contributed by atoms with Gasteiger partial charge in [0.15, 0.2) is 0 Å². The molecule has 0 spiro atoms. The van der Waals surface area contributed by atoms with E-state index < -0.39 is 0 Å². The zero-order chi connectivity index (χ0) is 14.1. The summed E-state index contributed by atoms with van der Waals surface area (Å²) in [6.07, 6.45) is 5.05. The van der Waals surface area contributed by atoms with Crippen LogP contribution in [0.4, 0.5) is 0 Å². The van der Waals surface area contributed by atoms with E-state index in [1.165, 1.54) is 0 Å². The van der Waals surface area contributed by atoms with Gasteiger partial charge in [0.25, 0.3) is 5.91 Å². The van der Waals surface area contributed by atoms with Crippen molar-refractivity contribution in [1.29, 1.82) is 0 Å². The molecule has 0 radical (unpaired) electrons. The predicted octanol–water partition coefficient (Wildman–Crippen LogP) is 0.883. The lowest BCUT2D eigenvalue weighted by Gasteiger charge is -2.41. The third-order valence-corrected chi connectivity index (χ3v) is 4.57. The molecule has 20 heavy (non-hydrogen) atoms. The molecular weight excluding hydrogens is 256 g/mol. The lowest BCUT2D eigenvalue weighted by atomic mass is 9.88. The summed E-state index contributed by atoms with van der Waals surface area (Å²) >= 11 is 0. The zero-order valence-corrected chi connectivity index (χ0v) is 11.7. The largest absolute Gasteiger partial charge is 0.342 e. The molecule has 2 saturated heterocycles. The number of nitrogens with one attached hydrogen (secondary N) is 1. The van der Waals surface area contributed by atoms with Crippen molar-refractivity contribution in [1.82, 2.24) is 20.0 Å². The summed E-state index contributed by atoms with van der Waals surface area (Å²) < 4.78 is 0. The van der Waals surface area contributed by atoms with Crippen LogP contribution in [0.1, 0.15) is 36.2 Å². The Morgan fingerprint density at radius 3 is 3.05 bits per heavy atom. The van der Waals surface area contributed by atoms with Gasteiger partial charge in [0.1, 0.15) is 5.69 Å². The summed E-state index contributed by atoms with van der Waals surface area (Å²) in [6.45, 7) is 1.44. The number of aromatic amines is 1. The van der Waals surface area contributed by atoms with E-state index in [0.717, 1.165) is 25.8 Å². The smallest absolute Gasteiger partial charge is 0.271 e. The highest BCUT2D eigenvalue weighted by Crippen LogP contribution is 2.30. The van der Waals surface area contributed by atoms with Crippen LogP contribution in [0, 0.1) is 5.92 Å². The molecule has 3 rings (SSSR count). The molecule has 2 fully saturated rings. The minimum absolute atomic E-state index is 0.0131. The highest BCUT2D eigenvalue weighted by Gasteiger charge is 2.37. The number of nitrogens with zero attached hydrogens (tertiary/aromatic N) is 3. The Labute approximate surface area is 118 Å². The maximum absolute atomic E-state index is 12.3. The van der Waals surface area contributed by atoms with Crippen molar-refractivity contribution in [2.45, 2.75) is 31.7 Å². The van der Waals surface area contributed by atoms with E-state index in [4.69, 9.17) is 0 Å². The van der Waals surface area contributed by atoms with Crippen LogP contribution in [0.2, 0.25) is 0 Å². The summed E-state index contributed by atoms with van der Waals surface area (Å²) in [7, 11) is 1.90. The van der Waals surface area contributed by atoms with E-state index in [0.29, 0.717) is 24.6 Å². The van der Waals surface area contributed by atoms with Gasteiger partial charge in [0.05, 0.1) is 0 Å². The predicted molar refractivity (Wildman–Crippen MR) is 73.0 cm³/mol. The van der Waals surface area contributed by atoms with Crippen LogP contribution in [0.25, 0.3) is 0 Å². The van der Waals surface area contributed by atoms with Crippen molar-refractivity contribution in [3.8, 4) is 0 Å². The van der Waals surface area contributed by atoms with Gasteiger partial charge in [0, 0.05) is 38.8 Å². The molecule has 0 aliphatic carbocycles. The third-order valence-electron chi connectivity index (χ3n) is 4.57. The maximum Gasteiger partial charge on any atom is 0.271 e. The number of rotatable bonds is 1. The van der Waals surface area contributed by atoms with Gasteiger partial charge in [-0.1, -0.05) is 0 Å². The number of hydrogen-bond donors (Lipinski definition) is 1. The number of fused-ring (bicyclic) bond motifs is 1. The fourth-order valence-electron chi connectivity index (χ4n) is 3.42. The molecule has 2 aliphatic rings. The molecule has 0 saturated carbocycles. The molecule has 0 unspecified atom stereocenters. The molecular formula is C14H20N4O2. The fourth-order valence-corrected chi connectivity index (χ4v) is 3.42. The van der Waals surface area contributed by atoms with Crippen molar-refractivity contribution >= 4 is 11.8 Å². The molecule has 1 aromatic heterocycles. The van der Waals surface area contributed by atoms with Crippen molar-refractivity contribution in [3.63, 3.8) is 0 Å². The monoisotopic (exact) mass is 276 g/mol. The third kappa shape index (κ3) is 2.30. The van der Waals surface area contributed by atoms with E-state index in [2.05, 4.69) is 10.2 Å². The Kier molecular flexibility index (Phi) is 3.46. The van der Waals surface area contributed by atoms with Crippen molar-refractivity contribution < 1.29 is 9.59 Å². The number of likely N-dealkylation sites (tertiary alicyclic amines) is 2. The number of aromatic nitrogens is 2. The molecule has 0 aromatic carbocycles. The number of amides is 2. The molecule has 2 atom stereocenters. The van der Waals surface area contributed by atoms with Crippen LogP contribution in [-0.4, -0.2) is 58.0 Å². The minimum atomic E-state index is 0.0131. The number of H-pyrrole nitrogens is 1. The van der Waals surface area contributed by atoms with Crippen LogP contribution in [-0.2, 0) is 4.79 Å². The van der Waals surface area contributed by atoms with E-state index in [-0.39, 0.29) is 17.9 Å². The molecule has 0 bridgehead atoms. The Bertz CT molecular complexity index is 499. The summed E-state index contributed by atoms with van der Waals surface area (Å²) in [5, 5.41) is 6.56. The molecule has 2 amide bonds. The van der Waals surface area contributed by atoms with Crippen LogP contribution in [0.15, 0.2) is 12.3 Å². The van der Waals surface area contributed by atoms with Gasteiger partial charge in [-0.2, -0.15) is 5.10 Å². The van der Waals surface area contributed by atoms with Gasteiger partial charge in [-0.3, -0.25) is 14.7 Å². The second-order valence-electron chi connectivity index (χ2n) is 5.73. The normalized spacial score (nSPS) is 27.1. The van der Waals surface area contributed by atoms with Gasteiger partial charge in [-0.25, -0.2) is 0 Å². The Hall–Kier alpha value is -1.85. The second kappa shape index (κ2) is 5.26. The standard InChI is InChI=1S/C14H20N4O2/c1-17-12-6-8-18(14(20)11-5-7-15-16-11)9-10(12)3-2-4-13(17)19/h5,7,10,12H,2-4,6,8-9H2,1H3,(H,15,16)/t10-,12+/m0/s1. The lowest BCUT2D eigenvalue weighted by Crippen LogP contribution is -2.51. The van der Waals surface area contributed by atoms with E-state index >= 15 is 0 Å². The molecule has 6 heteroatoms. The molecule has 3 heterocycles. The number of hydrogen-bond acceptors (Lipinski definition) is 3. The number of carbonyl (C=O) groups excluding carboxylic acids is 2. The number of carbonyl (C=O) groups is 2. The van der Waals surface area contributed by atoms with Gasteiger partial charge in [0.2, 0.25) is 5.91 Å². The zero-order valence-electron chi connectivity index (χ0n) is 11.7. The van der Waals surface area contributed by atoms with Crippen molar-refractivity contribution in [2.75, 3.05) is 20.1 Å². The first-order chi connectivity index (χ1) is 9.66. The van der Waals surface area contributed by atoms with Gasteiger partial charge in [-0.05, 0) is 31.2 Å². The van der Waals surface area contributed by atoms with Crippen LogP contribution < -0.4 is 0 Å². The molecule has 1 aromatic rings. The molecule has 1 N–H and O–H groups in total. The first kappa shape index (κ1) is 13.1. The van der Waals surface area contributed by atoms with Crippen molar-refractivity contribution in [3.05, 3.63) is 18.0 Å². The van der Waals surface area contributed by atoms with E-state index in [1.54, 1.807) is 12.3 Å². The average molecular weight is 276 g/mol. The highest BCUT2D eigenvalue weighted by atomic mass is 16.2. The Morgan fingerprint density at radius 2 is 2.30 bits per heavy atom. The average Bonchev–Trinajstić information content (AvgIpc) is 2.95. The molecule has 2 aliphatic heterocycles. The first-order valence-electron chi connectivity index (χ1n) is 7.21. The quantitative estimate of drug-likeness (QED) is 0.828. The Balaban J connectivity index is 1.72. The van der Waals surface area contributed by atoms with E-state index in [1.807, 2.05) is 16.8 Å². The summed E-state index contributed by atoms with van der Waals surface area (Å²) in [5.74, 6) is 0.650. The van der Waals surface area contributed by atoms with Gasteiger partial charge >= 0.3 is 0 Å². The molecule has 108 valence electrons. The second-order valence-corrected chi connectivity index (χ2v) is 5.73.